The summed E-state index contributed by atoms with van der Waals surface area (Å²) in [5.41, 5.74) is 0.544. The zero-order valence-electron chi connectivity index (χ0n) is 12.7. The van der Waals surface area contributed by atoms with Gasteiger partial charge in [-0.15, -0.1) is 11.3 Å². The molecular formula is C15H22N2O3S. The molecular weight excluding hydrogens is 288 g/mol. The summed E-state index contributed by atoms with van der Waals surface area (Å²) in [6.07, 6.45) is 4.28. The smallest absolute Gasteiger partial charge is 0.347 e. The molecule has 5 nitrogen and oxygen atoms in total. The van der Waals surface area contributed by atoms with Crippen LogP contribution in [0.2, 0.25) is 0 Å². The fourth-order valence-corrected chi connectivity index (χ4v) is 3.84. The van der Waals surface area contributed by atoms with Crippen LogP contribution >= 0.6 is 11.3 Å². The van der Waals surface area contributed by atoms with E-state index in [4.69, 9.17) is 5.11 Å². The number of thiazole rings is 1. The number of nitrogens with one attached hydrogen (secondary N) is 1. The molecule has 1 fully saturated rings. The summed E-state index contributed by atoms with van der Waals surface area (Å²) in [4.78, 5) is 27.8. The number of carbonyl (C=O) groups is 2. The van der Waals surface area contributed by atoms with Crippen LogP contribution in [0.25, 0.3) is 0 Å². The number of rotatable bonds is 4. The quantitative estimate of drug-likeness (QED) is 0.896. The van der Waals surface area contributed by atoms with Crippen LogP contribution < -0.4 is 5.32 Å². The van der Waals surface area contributed by atoms with Gasteiger partial charge in [-0.1, -0.05) is 26.7 Å². The zero-order chi connectivity index (χ0) is 15.6. The van der Waals surface area contributed by atoms with E-state index in [1.165, 1.54) is 6.42 Å². The average molecular weight is 310 g/mol. The predicted molar refractivity (Wildman–Crippen MR) is 81.4 cm³/mol. The molecule has 0 spiro atoms. The number of aromatic carboxylic acids is 1. The Balaban J connectivity index is 1.98. The first-order valence-corrected chi connectivity index (χ1v) is 8.10. The molecule has 1 aromatic rings. The molecule has 1 heterocycles. The number of nitrogens with zero attached hydrogens (tertiary/aromatic N) is 1. The molecule has 1 saturated carbocycles. The van der Waals surface area contributed by atoms with E-state index in [1.54, 1.807) is 6.92 Å². The predicted octanol–water partition coefficient (Wildman–Crippen LogP) is 2.98. The van der Waals surface area contributed by atoms with Gasteiger partial charge in [-0.25, -0.2) is 9.78 Å². The SMILES string of the molecule is Cc1nc(CNC(=O)C2CCCCC2(C)C)sc1C(=O)O. The van der Waals surface area contributed by atoms with Gasteiger partial charge in [0.1, 0.15) is 9.88 Å². The number of carboxylic acid groups (broad SMARTS) is 1. The van der Waals surface area contributed by atoms with Crippen molar-refractivity contribution < 1.29 is 14.7 Å². The van der Waals surface area contributed by atoms with Crippen molar-refractivity contribution in [2.75, 3.05) is 0 Å². The molecule has 1 amide bonds. The second-order valence-corrected chi connectivity index (χ2v) is 7.42. The van der Waals surface area contributed by atoms with Gasteiger partial charge in [0.25, 0.3) is 0 Å². The molecule has 2 N–H and O–H groups in total. The topological polar surface area (TPSA) is 79.3 Å². The summed E-state index contributed by atoms with van der Waals surface area (Å²) >= 11 is 1.13. The van der Waals surface area contributed by atoms with Gasteiger partial charge < -0.3 is 10.4 Å². The lowest BCUT2D eigenvalue weighted by molar-refractivity contribution is -0.130. The molecule has 0 aliphatic heterocycles. The van der Waals surface area contributed by atoms with Gasteiger partial charge in [0.2, 0.25) is 5.91 Å². The summed E-state index contributed by atoms with van der Waals surface area (Å²) in [5.74, 6) is -0.869. The van der Waals surface area contributed by atoms with Crippen LogP contribution in [0, 0.1) is 18.3 Å². The maximum Gasteiger partial charge on any atom is 0.347 e. The molecule has 116 valence electrons. The van der Waals surface area contributed by atoms with E-state index in [1.807, 2.05) is 0 Å². The molecule has 2 rings (SSSR count). The summed E-state index contributed by atoms with van der Waals surface area (Å²) in [6.45, 7) is 6.28. The van der Waals surface area contributed by atoms with Crippen molar-refractivity contribution in [1.82, 2.24) is 10.3 Å². The van der Waals surface area contributed by atoms with Crippen molar-refractivity contribution >= 4 is 23.2 Å². The van der Waals surface area contributed by atoms with E-state index >= 15 is 0 Å². The van der Waals surface area contributed by atoms with Gasteiger partial charge in [-0.3, -0.25) is 4.79 Å². The number of amides is 1. The highest BCUT2D eigenvalue weighted by Crippen LogP contribution is 2.40. The fraction of sp³-hybridized carbons (Fsp3) is 0.667. The van der Waals surface area contributed by atoms with Crippen LogP contribution in [0.4, 0.5) is 0 Å². The van der Waals surface area contributed by atoms with E-state index in [0.717, 1.165) is 30.6 Å². The lowest BCUT2D eigenvalue weighted by Gasteiger charge is -2.37. The number of aryl methyl sites for hydroxylation is 1. The molecule has 0 aromatic carbocycles. The summed E-state index contributed by atoms with van der Waals surface area (Å²) < 4.78 is 0. The van der Waals surface area contributed by atoms with Gasteiger partial charge in [-0.05, 0) is 25.2 Å². The van der Waals surface area contributed by atoms with Crippen LogP contribution in [0.1, 0.15) is 59.9 Å². The molecule has 21 heavy (non-hydrogen) atoms. The van der Waals surface area contributed by atoms with Crippen LogP contribution in [0.5, 0.6) is 0 Å². The molecule has 1 aromatic heterocycles. The standard InChI is InChI=1S/C15H22N2O3S/c1-9-12(14(19)20)21-11(17-9)8-16-13(18)10-6-4-5-7-15(10,2)3/h10H,4-8H2,1-3H3,(H,16,18)(H,19,20). The highest BCUT2D eigenvalue weighted by atomic mass is 32.1. The van der Waals surface area contributed by atoms with Crippen LogP contribution in [-0.4, -0.2) is 22.0 Å². The number of hydrogen-bond acceptors (Lipinski definition) is 4. The third-order valence-corrected chi connectivity index (χ3v) is 5.42. The van der Waals surface area contributed by atoms with Crippen molar-refractivity contribution in [3.63, 3.8) is 0 Å². The Labute approximate surface area is 128 Å². The van der Waals surface area contributed by atoms with Gasteiger partial charge in [0, 0.05) is 5.92 Å². The Hall–Kier alpha value is -1.43. The van der Waals surface area contributed by atoms with Crippen LogP contribution in [0.3, 0.4) is 0 Å². The molecule has 0 bridgehead atoms. The fourth-order valence-electron chi connectivity index (χ4n) is 2.99. The minimum absolute atomic E-state index is 0.0336. The van der Waals surface area contributed by atoms with E-state index in [0.29, 0.717) is 17.2 Å². The van der Waals surface area contributed by atoms with Crippen molar-refractivity contribution in [1.29, 1.82) is 0 Å². The minimum Gasteiger partial charge on any atom is -0.477 e. The highest BCUT2D eigenvalue weighted by molar-refractivity contribution is 7.13. The molecule has 6 heteroatoms. The second-order valence-electron chi connectivity index (χ2n) is 6.33. The monoisotopic (exact) mass is 310 g/mol. The molecule has 0 radical (unpaired) electrons. The maximum atomic E-state index is 12.4. The van der Waals surface area contributed by atoms with E-state index < -0.39 is 5.97 Å². The Bertz CT molecular complexity index is 551. The Kier molecular flexibility index (Phi) is 4.66. The van der Waals surface area contributed by atoms with Gasteiger partial charge in [0.05, 0.1) is 12.2 Å². The van der Waals surface area contributed by atoms with E-state index in [9.17, 15) is 9.59 Å². The van der Waals surface area contributed by atoms with Crippen LogP contribution in [-0.2, 0) is 11.3 Å². The highest BCUT2D eigenvalue weighted by Gasteiger charge is 2.36. The third-order valence-electron chi connectivity index (χ3n) is 4.27. The first-order valence-electron chi connectivity index (χ1n) is 7.28. The van der Waals surface area contributed by atoms with Crippen molar-refractivity contribution in [2.24, 2.45) is 11.3 Å². The summed E-state index contributed by atoms with van der Waals surface area (Å²) in [5, 5.41) is 12.6. The Morgan fingerprint density at radius 1 is 1.43 bits per heavy atom. The first kappa shape index (κ1) is 15.9. The Morgan fingerprint density at radius 2 is 2.14 bits per heavy atom. The largest absolute Gasteiger partial charge is 0.477 e. The first-order chi connectivity index (χ1) is 9.81. The number of hydrogen-bond donors (Lipinski definition) is 2. The lowest BCUT2D eigenvalue weighted by Crippen LogP contribution is -2.40. The number of carboxylic acids is 1. The average Bonchev–Trinajstić information content (AvgIpc) is 2.77. The number of aromatic nitrogens is 1. The number of carbonyl (C=O) groups excluding carboxylic acids is 1. The molecule has 0 saturated heterocycles. The molecule has 1 aliphatic carbocycles. The van der Waals surface area contributed by atoms with E-state index in [2.05, 4.69) is 24.1 Å². The van der Waals surface area contributed by atoms with Crippen molar-refractivity contribution in [3.8, 4) is 0 Å². The second kappa shape index (κ2) is 6.13. The Morgan fingerprint density at radius 3 is 2.71 bits per heavy atom. The summed E-state index contributed by atoms with van der Waals surface area (Å²) in [6, 6.07) is 0. The molecule has 1 aliphatic rings. The zero-order valence-corrected chi connectivity index (χ0v) is 13.5. The van der Waals surface area contributed by atoms with Gasteiger partial charge in [0.15, 0.2) is 0 Å². The third kappa shape index (κ3) is 3.61. The molecule has 1 atom stereocenters. The van der Waals surface area contributed by atoms with Crippen molar-refractivity contribution in [2.45, 2.75) is 53.0 Å². The van der Waals surface area contributed by atoms with Crippen molar-refractivity contribution in [3.05, 3.63) is 15.6 Å². The normalized spacial score (nSPS) is 21.0. The molecule has 1 unspecified atom stereocenters. The maximum absolute atomic E-state index is 12.4. The lowest BCUT2D eigenvalue weighted by atomic mass is 9.68. The van der Waals surface area contributed by atoms with E-state index in [-0.39, 0.29) is 22.1 Å². The van der Waals surface area contributed by atoms with Crippen LogP contribution in [0.15, 0.2) is 0 Å². The van der Waals surface area contributed by atoms with Gasteiger partial charge in [-0.2, -0.15) is 0 Å². The van der Waals surface area contributed by atoms with Gasteiger partial charge >= 0.3 is 5.97 Å². The minimum atomic E-state index is -0.962. The summed E-state index contributed by atoms with van der Waals surface area (Å²) in [7, 11) is 0.